The Morgan fingerprint density at radius 1 is 1.36 bits per heavy atom. The predicted octanol–water partition coefficient (Wildman–Crippen LogP) is 2.88. The third-order valence-electron chi connectivity index (χ3n) is 4.37. The van der Waals surface area contributed by atoms with E-state index in [0.717, 1.165) is 19.6 Å². The Bertz CT molecular complexity index is 502. The summed E-state index contributed by atoms with van der Waals surface area (Å²) in [4.78, 5) is 16.6. The van der Waals surface area contributed by atoms with Gasteiger partial charge in [-0.05, 0) is 30.5 Å². The van der Waals surface area contributed by atoms with Crippen LogP contribution in [0.1, 0.15) is 38.7 Å². The van der Waals surface area contributed by atoms with Crippen molar-refractivity contribution in [2.24, 2.45) is 0 Å². The van der Waals surface area contributed by atoms with Crippen LogP contribution in [0.25, 0.3) is 0 Å². The first-order chi connectivity index (χ1) is 10.5. The van der Waals surface area contributed by atoms with Gasteiger partial charge in [-0.25, -0.2) is 0 Å². The maximum absolute atomic E-state index is 12.2. The largest absolute Gasteiger partial charge is 0.384 e. The SMILES string of the molecule is COCCC(=O)N1CCN(c2cccc(C(C)C)c2)CC1C. The number of methoxy groups -OCH3 is 1. The van der Waals surface area contributed by atoms with Gasteiger partial charge in [-0.3, -0.25) is 4.79 Å². The molecule has 1 aliphatic rings. The lowest BCUT2D eigenvalue weighted by molar-refractivity contribution is -0.134. The van der Waals surface area contributed by atoms with Crippen LogP contribution in [0.15, 0.2) is 24.3 Å². The van der Waals surface area contributed by atoms with Crippen LogP contribution in [-0.4, -0.2) is 50.2 Å². The van der Waals surface area contributed by atoms with Crippen molar-refractivity contribution in [1.82, 2.24) is 4.90 Å². The summed E-state index contributed by atoms with van der Waals surface area (Å²) in [6, 6.07) is 9.00. The van der Waals surface area contributed by atoms with Gasteiger partial charge in [0.2, 0.25) is 5.91 Å². The van der Waals surface area contributed by atoms with E-state index in [4.69, 9.17) is 4.74 Å². The van der Waals surface area contributed by atoms with Crippen molar-refractivity contribution in [3.8, 4) is 0 Å². The zero-order chi connectivity index (χ0) is 16.1. The predicted molar refractivity (Wildman–Crippen MR) is 90.4 cm³/mol. The van der Waals surface area contributed by atoms with Crippen molar-refractivity contribution < 1.29 is 9.53 Å². The van der Waals surface area contributed by atoms with Crippen molar-refractivity contribution in [2.45, 2.75) is 39.2 Å². The number of carbonyl (C=O) groups is 1. The minimum Gasteiger partial charge on any atom is -0.384 e. The fraction of sp³-hybridized carbons (Fsp3) is 0.611. The average molecular weight is 304 g/mol. The summed E-state index contributed by atoms with van der Waals surface area (Å²) in [6.07, 6.45) is 0.476. The minimum atomic E-state index is 0.199. The summed E-state index contributed by atoms with van der Waals surface area (Å²) in [5.41, 5.74) is 2.63. The molecule has 0 saturated carbocycles. The van der Waals surface area contributed by atoms with Gasteiger partial charge in [0.25, 0.3) is 0 Å². The Hall–Kier alpha value is -1.55. The van der Waals surface area contributed by atoms with Gasteiger partial charge in [-0.2, -0.15) is 0 Å². The lowest BCUT2D eigenvalue weighted by Crippen LogP contribution is -2.54. The van der Waals surface area contributed by atoms with E-state index in [0.29, 0.717) is 18.9 Å². The first kappa shape index (κ1) is 16.8. The second-order valence-electron chi connectivity index (χ2n) is 6.37. The lowest BCUT2D eigenvalue weighted by atomic mass is 10.0. The molecule has 1 saturated heterocycles. The Morgan fingerprint density at radius 2 is 2.14 bits per heavy atom. The van der Waals surface area contributed by atoms with E-state index >= 15 is 0 Å². The van der Waals surface area contributed by atoms with Crippen LogP contribution >= 0.6 is 0 Å². The standard InChI is InChI=1S/C18H28N2O2/c1-14(2)16-6-5-7-17(12-16)19-9-10-20(15(3)13-19)18(21)8-11-22-4/h5-7,12,14-15H,8-11,13H2,1-4H3. The number of piperazine rings is 1. The summed E-state index contributed by atoms with van der Waals surface area (Å²) in [5.74, 6) is 0.735. The van der Waals surface area contributed by atoms with Gasteiger partial charge in [-0.1, -0.05) is 26.0 Å². The zero-order valence-electron chi connectivity index (χ0n) is 14.2. The molecule has 2 rings (SSSR count). The zero-order valence-corrected chi connectivity index (χ0v) is 14.2. The molecule has 1 amide bonds. The Balaban J connectivity index is 2.00. The third-order valence-corrected chi connectivity index (χ3v) is 4.37. The molecule has 1 aliphatic heterocycles. The quantitative estimate of drug-likeness (QED) is 0.838. The number of benzene rings is 1. The third kappa shape index (κ3) is 4.01. The van der Waals surface area contributed by atoms with Crippen molar-refractivity contribution in [3.05, 3.63) is 29.8 Å². The van der Waals surface area contributed by atoms with Crippen LogP contribution in [0.3, 0.4) is 0 Å². The monoisotopic (exact) mass is 304 g/mol. The molecular weight excluding hydrogens is 276 g/mol. The molecule has 0 spiro atoms. The first-order valence-corrected chi connectivity index (χ1v) is 8.16. The summed E-state index contributed by atoms with van der Waals surface area (Å²) >= 11 is 0. The highest BCUT2D eigenvalue weighted by Gasteiger charge is 2.27. The van der Waals surface area contributed by atoms with Crippen LogP contribution in [-0.2, 0) is 9.53 Å². The van der Waals surface area contributed by atoms with Gasteiger partial charge in [0.1, 0.15) is 0 Å². The summed E-state index contributed by atoms with van der Waals surface area (Å²) in [6.45, 7) is 9.63. The number of rotatable bonds is 5. The van der Waals surface area contributed by atoms with Gasteiger partial charge < -0.3 is 14.5 Å². The molecule has 0 aliphatic carbocycles. The molecule has 1 unspecified atom stereocenters. The normalized spacial score (nSPS) is 18.9. The second-order valence-corrected chi connectivity index (χ2v) is 6.37. The topological polar surface area (TPSA) is 32.8 Å². The summed E-state index contributed by atoms with van der Waals surface area (Å²) in [5, 5.41) is 0. The fourth-order valence-corrected chi connectivity index (χ4v) is 2.98. The Labute approximate surface area is 134 Å². The smallest absolute Gasteiger partial charge is 0.225 e. The van der Waals surface area contributed by atoms with E-state index in [1.807, 2.05) is 4.90 Å². The highest BCUT2D eigenvalue weighted by molar-refractivity contribution is 5.77. The maximum atomic E-state index is 12.2. The number of carbonyl (C=O) groups excluding carboxylic acids is 1. The summed E-state index contributed by atoms with van der Waals surface area (Å²) in [7, 11) is 1.64. The van der Waals surface area contributed by atoms with Gasteiger partial charge in [0.05, 0.1) is 13.0 Å². The molecule has 22 heavy (non-hydrogen) atoms. The highest BCUT2D eigenvalue weighted by Crippen LogP contribution is 2.24. The van der Waals surface area contributed by atoms with Crippen molar-refractivity contribution >= 4 is 11.6 Å². The van der Waals surface area contributed by atoms with Crippen molar-refractivity contribution in [1.29, 1.82) is 0 Å². The first-order valence-electron chi connectivity index (χ1n) is 8.16. The molecule has 0 aromatic heterocycles. The fourth-order valence-electron chi connectivity index (χ4n) is 2.98. The van der Waals surface area contributed by atoms with Crippen LogP contribution in [0, 0.1) is 0 Å². The lowest BCUT2D eigenvalue weighted by Gasteiger charge is -2.41. The second kappa shape index (κ2) is 7.63. The van der Waals surface area contributed by atoms with Gasteiger partial charge >= 0.3 is 0 Å². The number of anilines is 1. The molecule has 4 nitrogen and oxygen atoms in total. The number of hydrogen-bond donors (Lipinski definition) is 0. The number of ether oxygens (including phenoxy) is 1. The Morgan fingerprint density at radius 3 is 2.77 bits per heavy atom. The van der Waals surface area contributed by atoms with Crippen LogP contribution in [0.5, 0.6) is 0 Å². The molecule has 1 atom stereocenters. The van der Waals surface area contributed by atoms with Gasteiger partial charge in [-0.15, -0.1) is 0 Å². The molecule has 1 aromatic rings. The van der Waals surface area contributed by atoms with Crippen molar-refractivity contribution in [3.63, 3.8) is 0 Å². The summed E-state index contributed by atoms with van der Waals surface area (Å²) < 4.78 is 5.01. The average Bonchev–Trinajstić information content (AvgIpc) is 2.52. The number of amides is 1. The Kier molecular flexibility index (Phi) is 5.83. The van der Waals surface area contributed by atoms with Crippen molar-refractivity contribution in [2.75, 3.05) is 38.3 Å². The number of nitrogens with zero attached hydrogens (tertiary/aromatic N) is 2. The van der Waals surface area contributed by atoms with Crippen LogP contribution < -0.4 is 4.90 Å². The van der Waals surface area contributed by atoms with E-state index in [1.54, 1.807) is 7.11 Å². The van der Waals surface area contributed by atoms with Gasteiger partial charge in [0.15, 0.2) is 0 Å². The van der Waals surface area contributed by atoms with Crippen LogP contribution in [0.4, 0.5) is 5.69 Å². The van der Waals surface area contributed by atoms with E-state index in [2.05, 4.69) is 49.9 Å². The van der Waals surface area contributed by atoms with E-state index in [9.17, 15) is 4.79 Å². The molecule has 0 bridgehead atoms. The highest BCUT2D eigenvalue weighted by atomic mass is 16.5. The van der Waals surface area contributed by atoms with Gasteiger partial charge in [0, 0.05) is 38.5 Å². The molecule has 1 aromatic carbocycles. The van der Waals surface area contributed by atoms with Crippen LogP contribution in [0.2, 0.25) is 0 Å². The minimum absolute atomic E-state index is 0.199. The molecular formula is C18H28N2O2. The molecule has 0 radical (unpaired) electrons. The molecule has 4 heteroatoms. The molecule has 1 heterocycles. The molecule has 122 valence electrons. The number of hydrogen-bond acceptors (Lipinski definition) is 3. The van der Waals surface area contributed by atoms with E-state index in [-0.39, 0.29) is 11.9 Å². The molecule has 1 fully saturated rings. The van der Waals surface area contributed by atoms with E-state index in [1.165, 1.54) is 11.3 Å². The maximum Gasteiger partial charge on any atom is 0.225 e. The molecule has 0 N–H and O–H groups in total. The van der Waals surface area contributed by atoms with E-state index < -0.39 is 0 Å².